The minimum atomic E-state index is -0.278. The van der Waals surface area contributed by atoms with E-state index in [1.807, 2.05) is 43.0 Å². The third-order valence-corrected chi connectivity index (χ3v) is 6.40. The van der Waals surface area contributed by atoms with Crippen LogP contribution < -0.4 is 10.5 Å². The van der Waals surface area contributed by atoms with Gasteiger partial charge in [0.2, 0.25) is 11.8 Å². The van der Waals surface area contributed by atoms with Crippen molar-refractivity contribution in [3.63, 3.8) is 0 Å². The Kier molecular flexibility index (Phi) is 9.72. The van der Waals surface area contributed by atoms with Crippen LogP contribution in [0.15, 0.2) is 35.9 Å². The van der Waals surface area contributed by atoms with Crippen molar-refractivity contribution in [2.45, 2.75) is 52.2 Å². The second-order valence-electron chi connectivity index (χ2n) is 9.05. The number of amides is 2. The van der Waals surface area contributed by atoms with Gasteiger partial charge in [-0.2, -0.15) is 0 Å². The van der Waals surface area contributed by atoms with Gasteiger partial charge in [-0.1, -0.05) is 24.6 Å². The molecule has 1 aromatic carbocycles. The first-order valence-electron chi connectivity index (χ1n) is 11.5. The van der Waals surface area contributed by atoms with Gasteiger partial charge in [0, 0.05) is 31.1 Å². The number of piperidine rings is 1. The zero-order valence-corrected chi connectivity index (χ0v) is 20.5. The molecule has 1 aromatic rings. The second kappa shape index (κ2) is 12.0. The molecule has 7 nitrogen and oxygen atoms in total. The molecule has 7 heteroatoms. The fourth-order valence-corrected chi connectivity index (χ4v) is 4.42. The van der Waals surface area contributed by atoms with Crippen LogP contribution in [0.1, 0.15) is 39.2 Å². The highest BCUT2D eigenvalue weighted by Crippen LogP contribution is 2.25. The molecule has 178 valence electrons. The zero-order valence-electron chi connectivity index (χ0n) is 20.5. The molecule has 0 aromatic heterocycles. The van der Waals surface area contributed by atoms with Gasteiger partial charge in [-0.05, 0) is 71.4 Å². The normalized spacial score (nSPS) is 20.5. The van der Waals surface area contributed by atoms with Crippen LogP contribution in [0.2, 0.25) is 0 Å². The van der Waals surface area contributed by atoms with Crippen LogP contribution in [-0.4, -0.2) is 79.6 Å². The Balaban J connectivity index is 2.01. The molecule has 1 aliphatic heterocycles. The maximum Gasteiger partial charge on any atom is 0.247 e. The zero-order chi connectivity index (χ0) is 23.8. The van der Waals surface area contributed by atoms with Crippen LogP contribution in [0.3, 0.4) is 0 Å². The van der Waals surface area contributed by atoms with Gasteiger partial charge in [0.05, 0.1) is 13.3 Å². The molecule has 0 bridgehead atoms. The molecule has 3 atom stereocenters. The van der Waals surface area contributed by atoms with Gasteiger partial charge in [0.25, 0.3) is 0 Å². The molecule has 0 saturated carbocycles. The number of primary amides is 1. The number of ether oxygens (including phenoxy) is 1. The number of likely N-dealkylation sites (tertiary alicyclic amines) is 1. The quantitative estimate of drug-likeness (QED) is 0.561. The molecule has 3 unspecified atom stereocenters. The number of hydrogen-bond donors (Lipinski definition) is 1. The molecule has 1 saturated heterocycles. The molecule has 2 rings (SSSR count). The van der Waals surface area contributed by atoms with Gasteiger partial charge >= 0.3 is 0 Å². The Bertz CT molecular complexity index is 791. The SMILES string of the molecule is CCN(CC(C)=CC(=O)N1CCC(C(N)=O)CC1N(C)C)C(C)Cc1ccc(OC)cc1. The molecule has 1 heterocycles. The second-order valence-corrected chi connectivity index (χ2v) is 9.05. The number of carbonyl (C=O) groups is 2. The summed E-state index contributed by atoms with van der Waals surface area (Å²) in [6.45, 7) is 8.58. The highest BCUT2D eigenvalue weighted by atomic mass is 16.5. The van der Waals surface area contributed by atoms with Crippen LogP contribution in [-0.2, 0) is 16.0 Å². The number of hydrogen-bond acceptors (Lipinski definition) is 5. The number of benzene rings is 1. The summed E-state index contributed by atoms with van der Waals surface area (Å²) < 4.78 is 5.24. The van der Waals surface area contributed by atoms with Gasteiger partial charge in [-0.25, -0.2) is 0 Å². The fourth-order valence-electron chi connectivity index (χ4n) is 4.42. The molecule has 1 aliphatic rings. The maximum absolute atomic E-state index is 13.1. The molecule has 2 amide bonds. The van der Waals surface area contributed by atoms with E-state index < -0.39 is 0 Å². The third-order valence-electron chi connectivity index (χ3n) is 6.40. The van der Waals surface area contributed by atoms with Crippen molar-refractivity contribution in [3.05, 3.63) is 41.5 Å². The smallest absolute Gasteiger partial charge is 0.247 e. The summed E-state index contributed by atoms with van der Waals surface area (Å²) in [6.07, 6.45) is 3.78. The average molecular weight is 445 g/mol. The molecular weight excluding hydrogens is 404 g/mol. The molecule has 2 N–H and O–H groups in total. The Morgan fingerprint density at radius 1 is 1.28 bits per heavy atom. The van der Waals surface area contributed by atoms with Crippen LogP contribution in [0.4, 0.5) is 0 Å². The highest BCUT2D eigenvalue weighted by Gasteiger charge is 2.34. The van der Waals surface area contributed by atoms with Gasteiger partial charge in [0.15, 0.2) is 0 Å². The number of methoxy groups -OCH3 is 1. The van der Waals surface area contributed by atoms with E-state index in [1.165, 1.54) is 5.56 Å². The van der Waals surface area contributed by atoms with E-state index in [-0.39, 0.29) is 23.9 Å². The number of rotatable bonds is 10. The number of likely N-dealkylation sites (N-methyl/N-ethyl adjacent to an activating group) is 1. The first-order valence-corrected chi connectivity index (χ1v) is 11.5. The van der Waals surface area contributed by atoms with Gasteiger partial charge in [0.1, 0.15) is 5.75 Å². The topological polar surface area (TPSA) is 79.1 Å². The summed E-state index contributed by atoms with van der Waals surface area (Å²) in [7, 11) is 5.54. The van der Waals surface area contributed by atoms with Crippen molar-refractivity contribution in [1.82, 2.24) is 14.7 Å². The summed E-state index contributed by atoms with van der Waals surface area (Å²) in [5, 5.41) is 0. The van der Waals surface area contributed by atoms with Crippen molar-refractivity contribution in [2.75, 3.05) is 40.8 Å². The standard InChI is InChI=1S/C25H40N4O3/c1-7-28(19(3)15-20-8-10-22(32-6)11-9-20)17-18(2)14-24(30)29-13-12-21(25(26)31)16-23(29)27(4)5/h8-11,14,19,21,23H,7,12-13,15-17H2,1-6H3,(H2,26,31). The van der Waals surface area contributed by atoms with Gasteiger partial charge < -0.3 is 15.4 Å². The Morgan fingerprint density at radius 2 is 1.94 bits per heavy atom. The highest BCUT2D eigenvalue weighted by molar-refractivity contribution is 5.89. The Morgan fingerprint density at radius 3 is 2.47 bits per heavy atom. The minimum Gasteiger partial charge on any atom is -0.497 e. The number of carbonyl (C=O) groups excluding carboxylic acids is 2. The van der Waals surface area contributed by atoms with Crippen LogP contribution >= 0.6 is 0 Å². The Labute approximate surface area is 193 Å². The van der Waals surface area contributed by atoms with Crippen LogP contribution in [0.5, 0.6) is 5.75 Å². The summed E-state index contributed by atoms with van der Waals surface area (Å²) in [6, 6.07) is 8.53. The van der Waals surface area contributed by atoms with E-state index in [9.17, 15) is 9.59 Å². The van der Waals surface area contributed by atoms with Crippen LogP contribution in [0.25, 0.3) is 0 Å². The summed E-state index contributed by atoms with van der Waals surface area (Å²) in [4.78, 5) is 30.9. The molecule has 0 radical (unpaired) electrons. The predicted molar refractivity (Wildman–Crippen MR) is 128 cm³/mol. The summed E-state index contributed by atoms with van der Waals surface area (Å²) in [5.74, 6) is 0.413. The molecule has 0 aliphatic carbocycles. The lowest BCUT2D eigenvalue weighted by Gasteiger charge is -2.41. The molecular formula is C25H40N4O3. The molecule has 32 heavy (non-hydrogen) atoms. The van der Waals surface area contributed by atoms with E-state index in [2.05, 4.69) is 30.9 Å². The monoisotopic (exact) mass is 444 g/mol. The van der Waals surface area contributed by atoms with Gasteiger partial charge in [-0.15, -0.1) is 0 Å². The molecule has 1 fully saturated rings. The molecule has 0 spiro atoms. The Hall–Kier alpha value is -2.38. The maximum atomic E-state index is 13.1. The van der Waals surface area contributed by atoms with E-state index in [1.54, 1.807) is 13.2 Å². The summed E-state index contributed by atoms with van der Waals surface area (Å²) >= 11 is 0. The number of nitrogens with two attached hydrogens (primary N) is 1. The van der Waals surface area contributed by atoms with Crippen molar-refractivity contribution in [3.8, 4) is 5.75 Å². The lowest BCUT2D eigenvalue weighted by molar-refractivity contribution is -0.138. The fraction of sp³-hybridized carbons (Fsp3) is 0.600. The van der Waals surface area contributed by atoms with E-state index >= 15 is 0 Å². The van der Waals surface area contributed by atoms with Crippen molar-refractivity contribution >= 4 is 11.8 Å². The van der Waals surface area contributed by atoms with E-state index in [4.69, 9.17) is 10.5 Å². The largest absolute Gasteiger partial charge is 0.497 e. The van der Waals surface area contributed by atoms with Gasteiger partial charge in [-0.3, -0.25) is 19.4 Å². The van der Waals surface area contributed by atoms with Crippen LogP contribution in [0, 0.1) is 5.92 Å². The van der Waals surface area contributed by atoms with Crippen molar-refractivity contribution in [1.29, 1.82) is 0 Å². The van der Waals surface area contributed by atoms with Crippen molar-refractivity contribution in [2.24, 2.45) is 11.7 Å². The lowest BCUT2D eigenvalue weighted by Crippen LogP contribution is -2.54. The van der Waals surface area contributed by atoms with E-state index in [0.29, 0.717) is 25.4 Å². The lowest BCUT2D eigenvalue weighted by atomic mass is 9.93. The third kappa shape index (κ3) is 7.07. The minimum absolute atomic E-state index is 0.00276. The predicted octanol–water partition coefficient (Wildman–Crippen LogP) is 2.51. The average Bonchev–Trinajstić information content (AvgIpc) is 2.77. The number of nitrogens with zero attached hydrogens (tertiary/aromatic N) is 3. The summed E-state index contributed by atoms with van der Waals surface area (Å²) in [5.41, 5.74) is 7.81. The van der Waals surface area contributed by atoms with E-state index in [0.717, 1.165) is 30.8 Å². The first kappa shape index (κ1) is 25.9. The van der Waals surface area contributed by atoms with Crippen molar-refractivity contribution < 1.29 is 14.3 Å². The first-order chi connectivity index (χ1) is 15.2.